The number of hydrogen-bond acceptors (Lipinski definition) is 2. The summed E-state index contributed by atoms with van der Waals surface area (Å²) in [6.07, 6.45) is 11.4. The first-order valence-electron chi connectivity index (χ1n) is 17.0. The number of hydrogen-bond donors (Lipinski definition) is 0. The third-order valence-electron chi connectivity index (χ3n) is 10.4. The summed E-state index contributed by atoms with van der Waals surface area (Å²) in [5, 5.41) is 2.51. The first kappa shape index (κ1) is 29.8. The zero-order valence-corrected chi connectivity index (χ0v) is 27.4. The fraction of sp³-hybridized carbons (Fsp3) is 0.130. The number of rotatable bonds is 9. The fourth-order valence-electron chi connectivity index (χ4n) is 7.77. The lowest BCUT2D eigenvalue weighted by Gasteiger charge is -2.37. The van der Waals surface area contributed by atoms with Gasteiger partial charge in [-0.3, -0.25) is 0 Å². The highest BCUT2D eigenvalue weighted by molar-refractivity contribution is 5.96. The van der Waals surface area contributed by atoms with E-state index in [0.717, 1.165) is 12.1 Å². The predicted molar refractivity (Wildman–Crippen MR) is 205 cm³/mol. The van der Waals surface area contributed by atoms with Crippen LogP contribution in [-0.2, 0) is 5.41 Å². The van der Waals surface area contributed by atoms with E-state index >= 15 is 0 Å². The first-order chi connectivity index (χ1) is 23.6. The fourth-order valence-corrected chi connectivity index (χ4v) is 7.77. The lowest BCUT2D eigenvalue weighted by Crippen LogP contribution is -2.35. The minimum Gasteiger partial charge on any atom is -0.344 e. The van der Waals surface area contributed by atoms with Crippen LogP contribution in [0.4, 0.5) is 17.1 Å². The molecule has 1 saturated carbocycles. The SMILES string of the molecule is C=C/C=C(\c1ccccc1)N(c1ccc(-c2ccc(N(C)c3cccc4ccccc34)cc2)cc1)C1C=CC2(c3ccccc3)CC2C1. The van der Waals surface area contributed by atoms with Crippen LogP contribution in [0.3, 0.4) is 0 Å². The minimum atomic E-state index is 0.191. The lowest BCUT2D eigenvalue weighted by molar-refractivity contribution is 0.568. The summed E-state index contributed by atoms with van der Waals surface area (Å²) in [6, 6.07) is 55.1. The van der Waals surface area contributed by atoms with Gasteiger partial charge in [0.1, 0.15) is 0 Å². The maximum Gasteiger partial charge on any atom is 0.0525 e. The average Bonchev–Trinajstić information content (AvgIpc) is 3.91. The number of benzene rings is 6. The smallest absolute Gasteiger partial charge is 0.0525 e. The van der Waals surface area contributed by atoms with Gasteiger partial charge >= 0.3 is 0 Å². The van der Waals surface area contributed by atoms with E-state index in [-0.39, 0.29) is 11.5 Å². The van der Waals surface area contributed by atoms with Crippen LogP contribution in [0.15, 0.2) is 183 Å². The van der Waals surface area contributed by atoms with Gasteiger partial charge in [0.25, 0.3) is 0 Å². The zero-order valence-electron chi connectivity index (χ0n) is 27.4. The molecule has 8 rings (SSSR count). The molecule has 6 aromatic carbocycles. The summed E-state index contributed by atoms with van der Waals surface area (Å²) in [4.78, 5) is 4.79. The van der Waals surface area contributed by atoms with Crippen LogP contribution in [-0.4, -0.2) is 13.1 Å². The molecule has 2 aliphatic carbocycles. The highest BCUT2D eigenvalue weighted by Gasteiger charge is 2.56. The monoisotopic (exact) mass is 620 g/mol. The molecule has 0 saturated heterocycles. The Morgan fingerprint density at radius 2 is 1.31 bits per heavy atom. The third-order valence-corrected chi connectivity index (χ3v) is 10.4. The summed E-state index contributed by atoms with van der Waals surface area (Å²) in [5.74, 6) is 0.642. The number of fused-ring (bicyclic) bond motifs is 2. The molecule has 2 heteroatoms. The van der Waals surface area contributed by atoms with Crippen LogP contribution >= 0.6 is 0 Å². The average molecular weight is 621 g/mol. The Kier molecular flexibility index (Phi) is 7.78. The van der Waals surface area contributed by atoms with Gasteiger partial charge in [-0.2, -0.15) is 0 Å². The molecule has 0 bridgehead atoms. The van der Waals surface area contributed by atoms with Gasteiger partial charge in [-0.1, -0.05) is 146 Å². The molecule has 234 valence electrons. The van der Waals surface area contributed by atoms with Crippen LogP contribution < -0.4 is 9.80 Å². The minimum absolute atomic E-state index is 0.191. The van der Waals surface area contributed by atoms with Crippen molar-refractivity contribution in [1.29, 1.82) is 0 Å². The van der Waals surface area contributed by atoms with Crippen LogP contribution in [0, 0.1) is 5.92 Å². The number of nitrogens with zero attached hydrogens (tertiary/aromatic N) is 2. The van der Waals surface area contributed by atoms with E-state index in [4.69, 9.17) is 0 Å². The molecule has 2 nitrogen and oxygen atoms in total. The van der Waals surface area contributed by atoms with Crippen molar-refractivity contribution in [1.82, 2.24) is 0 Å². The molecule has 0 N–H and O–H groups in total. The summed E-state index contributed by atoms with van der Waals surface area (Å²) >= 11 is 0. The molecular formula is C46H40N2. The van der Waals surface area contributed by atoms with Gasteiger partial charge in [0.2, 0.25) is 0 Å². The van der Waals surface area contributed by atoms with Crippen LogP contribution in [0.1, 0.15) is 24.0 Å². The van der Waals surface area contributed by atoms with Crippen molar-refractivity contribution >= 4 is 33.5 Å². The second-order valence-electron chi connectivity index (χ2n) is 13.1. The molecule has 6 aromatic rings. The Morgan fingerprint density at radius 1 is 0.688 bits per heavy atom. The van der Waals surface area contributed by atoms with Crippen LogP contribution in [0.2, 0.25) is 0 Å². The van der Waals surface area contributed by atoms with E-state index in [1.807, 2.05) is 6.08 Å². The van der Waals surface area contributed by atoms with Gasteiger partial charge < -0.3 is 9.80 Å². The van der Waals surface area contributed by atoms with Crippen molar-refractivity contribution in [2.75, 3.05) is 16.8 Å². The second kappa shape index (κ2) is 12.5. The van der Waals surface area contributed by atoms with E-state index in [0.29, 0.717) is 5.92 Å². The Bertz CT molecular complexity index is 2100. The summed E-state index contributed by atoms with van der Waals surface area (Å²) < 4.78 is 0. The maximum absolute atomic E-state index is 4.10. The van der Waals surface area contributed by atoms with E-state index in [9.17, 15) is 0 Å². The second-order valence-corrected chi connectivity index (χ2v) is 13.1. The van der Waals surface area contributed by atoms with Crippen molar-refractivity contribution in [3.63, 3.8) is 0 Å². The highest BCUT2D eigenvalue weighted by Crippen LogP contribution is 2.60. The standard InChI is InChI=1S/C46H40N2/c1-3-13-44(37-15-6-4-7-16-37)48(42-30-31-46(33-39(46)32-42)38-18-8-5-9-19-38)41-28-24-35(25-29-41)34-22-26-40(27-23-34)47(2)45-21-12-17-36-14-10-11-20-43(36)45/h3-31,39,42H,1,32-33H2,2H3/b44-13+. The Balaban J connectivity index is 1.09. The molecule has 0 spiro atoms. The predicted octanol–water partition coefficient (Wildman–Crippen LogP) is 11.6. The molecule has 3 atom stereocenters. The Morgan fingerprint density at radius 3 is 2.00 bits per heavy atom. The van der Waals surface area contributed by atoms with E-state index in [1.54, 1.807) is 0 Å². The van der Waals surface area contributed by atoms with Gasteiger partial charge in [0.15, 0.2) is 0 Å². The van der Waals surface area contributed by atoms with Gasteiger partial charge in [-0.05, 0) is 82.8 Å². The van der Waals surface area contributed by atoms with Crippen molar-refractivity contribution in [2.45, 2.75) is 24.3 Å². The largest absolute Gasteiger partial charge is 0.344 e. The summed E-state index contributed by atoms with van der Waals surface area (Å²) in [6.45, 7) is 4.10. The van der Waals surface area contributed by atoms with Crippen molar-refractivity contribution in [2.24, 2.45) is 5.92 Å². The molecular weight excluding hydrogens is 581 g/mol. The van der Waals surface area contributed by atoms with Gasteiger partial charge in [-0.25, -0.2) is 0 Å². The molecule has 0 heterocycles. The van der Waals surface area contributed by atoms with Gasteiger partial charge in [-0.15, -0.1) is 0 Å². The lowest BCUT2D eigenvalue weighted by atomic mass is 9.85. The normalized spacial score (nSPS) is 19.8. The van der Waals surface area contributed by atoms with Crippen molar-refractivity contribution < 1.29 is 0 Å². The highest BCUT2D eigenvalue weighted by atomic mass is 15.2. The summed E-state index contributed by atoms with van der Waals surface area (Å²) in [5.41, 5.74) is 9.96. The van der Waals surface area contributed by atoms with Crippen LogP contribution in [0.5, 0.6) is 0 Å². The Hall–Kier alpha value is -5.60. The molecule has 0 aliphatic heterocycles. The zero-order chi connectivity index (χ0) is 32.5. The third kappa shape index (κ3) is 5.44. The van der Waals surface area contributed by atoms with E-state index < -0.39 is 0 Å². The Labute approximate surface area is 284 Å². The number of anilines is 3. The molecule has 0 amide bonds. The van der Waals surface area contributed by atoms with Gasteiger partial charge in [0.05, 0.1) is 6.04 Å². The van der Waals surface area contributed by atoms with Crippen molar-refractivity contribution in [3.8, 4) is 11.1 Å². The molecule has 2 aliphatic rings. The van der Waals surface area contributed by atoms with E-state index in [1.165, 1.54) is 56.5 Å². The molecule has 3 unspecified atom stereocenters. The number of allylic oxidation sites excluding steroid dienone is 3. The van der Waals surface area contributed by atoms with E-state index in [2.05, 4.69) is 193 Å². The maximum atomic E-state index is 4.10. The molecule has 1 fully saturated rings. The molecule has 0 aromatic heterocycles. The summed E-state index contributed by atoms with van der Waals surface area (Å²) in [7, 11) is 2.15. The topological polar surface area (TPSA) is 6.48 Å². The van der Waals surface area contributed by atoms with Crippen molar-refractivity contribution in [3.05, 3.63) is 194 Å². The molecule has 0 radical (unpaired) electrons. The quantitative estimate of drug-likeness (QED) is 0.117. The molecule has 48 heavy (non-hydrogen) atoms. The van der Waals surface area contributed by atoms with Crippen LogP contribution in [0.25, 0.3) is 27.6 Å². The first-order valence-corrected chi connectivity index (χ1v) is 17.0. The van der Waals surface area contributed by atoms with Gasteiger partial charge in [0, 0.05) is 40.6 Å².